The molecule has 2 aromatic rings. The number of aromatic nitrogens is 2. The summed E-state index contributed by atoms with van der Waals surface area (Å²) in [4.78, 5) is 3.71. The molecule has 0 aliphatic rings. The predicted molar refractivity (Wildman–Crippen MR) is 49.2 cm³/mol. The number of nitrogens with zero attached hydrogens (tertiary/aromatic N) is 2. The van der Waals surface area contributed by atoms with E-state index < -0.39 is 22.8 Å². The van der Waals surface area contributed by atoms with Gasteiger partial charge in [0.05, 0.1) is 11.8 Å². The zero-order valence-corrected chi connectivity index (χ0v) is 8.42. The fraction of sp³-hybridized carbons (Fsp3) is 0.125. The molecular weight excluding hydrogens is 245 g/mol. The van der Waals surface area contributed by atoms with Crippen molar-refractivity contribution in [2.24, 2.45) is 0 Å². The molecule has 2 aromatic heterocycles. The second-order valence-corrected chi connectivity index (χ2v) is 3.91. The largest absolute Gasteiger partial charge is 0.417 e. The number of alkyl halides is 3. The second-order valence-electron chi connectivity index (χ2n) is 2.99. The van der Waals surface area contributed by atoms with Crippen molar-refractivity contribution in [2.75, 3.05) is 0 Å². The van der Waals surface area contributed by atoms with Crippen molar-refractivity contribution in [3.63, 3.8) is 0 Å². The lowest BCUT2D eigenvalue weighted by Gasteiger charge is -2.07. The maximum Gasteiger partial charge on any atom is 0.417 e. The van der Waals surface area contributed by atoms with Gasteiger partial charge in [0.1, 0.15) is 5.65 Å². The van der Waals surface area contributed by atoms with E-state index in [9.17, 15) is 17.4 Å². The molecule has 0 fully saturated rings. The van der Waals surface area contributed by atoms with Crippen LogP contribution in [0.1, 0.15) is 5.56 Å². The van der Waals surface area contributed by atoms with Crippen LogP contribution in [0.2, 0.25) is 0 Å². The van der Waals surface area contributed by atoms with E-state index in [2.05, 4.69) is 4.98 Å². The molecule has 0 aromatic carbocycles. The summed E-state index contributed by atoms with van der Waals surface area (Å²) in [6, 6.07) is 2.01. The smallest absolute Gasteiger partial charge is 0.301 e. The number of hydrogen-bond acceptors (Lipinski definition) is 2. The van der Waals surface area contributed by atoms with E-state index in [1.807, 2.05) is 0 Å². The number of imidazole rings is 1. The summed E-state index contributed by atoms with van der Waals surface area (Å²) in [5.41, 5.74) is -0.713. The lowest BCUT2D eigenvalue weighted by Crippen LogP contribution is -2.07. The number of rotatable bonds is 1. The molecule has 0 spiro atoms. The van der Waals surface area contributed by atoms with Crippen LogP contribution in [0.4, 0.5) is 13.2 Å². The first-order chi connectivity index (χ1) is 7.39. The fourth-order valence-electron chi connectivity index (χ4n) is 1.26. The molecule has 1 N–H and O–H groups in total. The molecule has 86 valence electrons. The van der Waals surface area contributed by atoms with Crippen LogP contribution < -0.4 is 0 Å². The number of fused-ring (bicyclic) bond motifs is 1. The van der Waals surface area contributed by atoms with Crippen LogP contribution in [0.15, 0.2) is 29.6 Å². The van der Waals surface area contributed by atoms with Gasteiger partial charge in [0.25, 0.3) is 0 Å². The summed E-state index contributed by atoms with van der Waals surface area (Å²) < 4.78 is 57.7. The van der Waals surface area contributed by atoms with E-state index in [1.54, 1.807) is 0 Å². The molecule has 0 aliphatic heterocycles. The van der Waals surface area contributed by atoms with Crippen molar-refractivity contribution < 1.29 is 21.9 Å². The Labute approximate surface area is 90.0 Å². The van der Waals surface area contributed by atoms with Crippen LogP contribution in [0.5, 0.6) is 0 Å². The quantitative estimate of drug-likeness (QED) is 0.787. The van der Waals surface area contributed by atoms with E-state index in [4.69, 9.17) is 4.55 Å². The topological polar surface area (TPSA) is 54.6 Å². The average Bonchev–Trinajstić information content (AvgIpc) is 2.58. The van der Waals surface area contributed by atoms with Gasteiger partial charge < -0.3 is 4.55 Å². The Morgan fingerprint density at radius 2 is 2.06 bits per heavy atom. The van der Waals surface area contributed by atoms with Crippen molar-refractivity contribution in [3.8, 4) is 0 Å². The normalized spacial score (nSPS) is 14.2. The third-order valence-electron chi connectivity index (χ3n) is 1.98. The molecule has 0 radical (unpaired) electrons. The minimum atomic E-state index is -4.49. The lowest BCUT2D eigenvalue weighted by atomic mass is 10.3. The monoisotopic (exact) mass is 250 g/mol. The Kier molecular flexibility index (Phi) is 2.47. The zero-order chi connectivity index (χ0) is 11.9. The van der Waals surface area contributed by atoms with Gasteiger partial charge in [0, 0.05) is 6.20 Å². The molecule has 0 bridgehead atoms. The molecular formula is C8H5F3N2O2S. The highest BCUT2D eigenvalue weighted by Gasteiger charge is 2.31. The summed E-state index contributed by atoms with van der Waals surface area (Å²) in [5.74, 6) is 0. The standard InChI is InChI=1S/C8H5F3N2O2S/c9-8(10,11)5-1-2-6-12-3-7(16(14)15)13(6)4-5/h1-4H,(H,14,15). The summed E-state index contributed by atoms with van der Waals surface area (Å²) in [7, 11) is 0. The van der Waals surface area contributed by atoms with E-state index in [1.165, 1.54) is 0 Å². The molecule has 0 amide bonds. The van der Waals surface area contributed by atoms with Gasteiger partial charge in [-0.2, -0.15) is 13.2 Å². The number of hydrogen-bond donors (Lipinski definition) is 1. The highest BCUT2D eigenvalue weighted by Crippen LogP contribution is 2.29. The first kappa shape index (κ1) is 11.1. The van der Waals surface area contributed by atoms with Gasteiger partial charge in [-0.25, -0.2) is 9.19 Å². The van der Waals surface area contributed by atoms with Crippen LogP contribution in [0.3, 0.4) is 0 Å². The summed E-state index contributed by atoms with van der Waals surface area (Å²) in [5, 5.41) is -0.193. The van der Waals surface area contributed by atoms with Crippen LogP contribution in [0, 0.1) is 0 Å². The predicted octanol–water partition coefficient (Wildman–Crippen LogP) is 1.93. The Morgan fingerprint density at radius 1 is 1.38 bits per heavy atom. The SMILES string of the molecule is O=S(O)c1cnc2ccc(C(F)(F)F)cn12. The second kappa shape index (κ2) is 3.56. The molecule has 0 saturated heterocycles. The van der Waals surface area contributed by atoms with Crippen molar-refractivity contribution in [1.82, 2.24) is 9.38 Å². The maximum atomic E-state index is 12.4. The van der Waals surface area contributed by atoms with Crippen LogP contribution in [-0.2, 0) is 17.3 Å². The first-order valence-electron chi connectivity index (χ1n) is 4.05. The molecule has 16 heavy (non-hydrogen) atoms. The van der Waals surface area contributed by atoms with Crippen molar-refractivity contribution in [1.29, 1.82) is 0 Å². The highest BCUT2D eigenvalue weighted by molar-refractivity contribution is 7.79. The molecule has 0 saturated carbocycles. The van der Waals surface area contributed by atoms with Gasteiger partial charge in [0.15, 0.2) is 5.03 Å². The third kappa shape index (κ3) is 1.81. The Hall–Kier alpha value is -1.41. The minimum Gasteiger partial charge on any atom is -0.301 e. The molecule has 0 aliphatic carbocycles. The summed E-state index contributed by atoms with van der Waals surface area (Å²) in [6.45, 7) is 0. The highest BCUT2D eigenvalue weighted by atomic mass is 32.2. The van der Waals surface area contributed by atoms with Gasteiger partial charge in [-0.3, -0.25) is 4.40 Å². The number of pyridine rings is 1. The van der Waals surface area contributed by atoms with Crippen molar-refractivity contribution in [3.05, 3.63) is 30.1 Å². The van der Waals surface area contributed by atoms with E-state index in [0.717, 1.165) is 28.9 Å². The minimum absolute atomic E-state index is 0.186. The van der Waals surface area contributed by atoms with Crippen molar-refractivity contribution >= 4 is 16.7 Å². The molecule has 8 heteroatoms. The third-order valence-corrected chi connectivity index (χ3v) is 2.64. The lowest BCUT2D eigenvalue weighted by molar-refractivity contribution is -0.137. The average molecular weight is 250 g/mol. The molecule has 1 unspecified atom stereocenters. The Balaban J connectivity index is 2.68. The first-order valence-corrected chi connectivity index (χ1v) is 5.15. The summed E-state index contributed by atoms with van der Waals surface area (Å²) >= 11 is -2.37. The van der Waals surface area contributed by atoms with Gasteiger partial charge >= 0.3 is 6.18 Å². The van der Waals surface area contributed by atoms with Gasteiger partial charge in [0.2, 0.25) is 11.1 Å². The van der Waals surface area contributed by atoms with E-state index >= 15 is 0 Å². The van der Waals surface area contributed by atoms with Crippen LogP contribution >= 0.6 is 0 Å². The molecule has 1 atom stereocenters. The van der Waals surface area contributed by atoms with Crippen LogP contribution in [0.25, 0.3) is 5.65 Å². The number of halogens is 3. The zero-order valence-electron chi connectivity index (χ0n) is 7.60. The van der Waals surface area contributed by atoms with Crippen LogP contribution in [-0.4, -0.2) is 18.1 Å². The van der Waals surface area contributed by atoms with Gasteiger partial charge in [-0.05, 0) is 12.1 Å². The maximum absolute atomic E-state index is 12.4. The van der Waals surface area contributed by atoms with Gasteiger partial charge in [-0.15, -0.1) is 0 Å². The van der Waals surface area contributed by atoms with E-state index in [-0.39, 0.29) is 10.7 Å². The van der Waals surface area contributed by atoms with E-state index in [0.29, 0.717) is 0 Å². The molecule has 2 heterocycles. The Bertz CT molecular complexity index is 564. The van der Waals surface area contributed by atoms with Gasteiger partial charge in [-0.1, -0.05) is 0 Å². The Morgan fingerprint density at radius 3 is 2.62 bits per heavy atom. The fourth-order valence-corrected chi connectivity index (χ4v) is 1.71. The molecule has 4 nitrogen and oxygen atoms in total. The summed E-state index contributed by atoms with van der Waals surface area (Å²) in [6.07, 6.45) is -2.69. The van der Waals surface area contributed by atoms with Crippen molar-refractivity contribution in [2.45, 2.75) is 11.2 Å². The molecule has 2 rings (SSSR count).